The quantitative estimate of drug-likeness (QED) is 0.738. The van der Waals surface area contributed by atoms with Crippen LogP contribution in [0.3, 0.4) is 0 Å². The van der Waals surface area contributed by atoms with E-state index in [9.17, 15) is 0 Å². The molecule has 0 saturated carbocycles. The number of nitrogens with zero attached hydrogens (tertiary/aromatic N) is 1. The molecule has 0 aliphatic heterocycles. The van der Waals surface area contributed by atoms with Gasteiger partial charge in [0.2, 0.25) is 0 Å². The van der Waals surface area contributed by atoms with Gasteiger partial charge in [-0.2, -0.15) is 0 Å². The van der Waals surface area contributed by atoms with Gasteiger partial charge in [0.15, 0.2) is 0 Å². The van der Waals surface area contributed by atoms with Crippen molar-refractivity contribution < 1.29 is 0 Å². The number of para-hydroxylation sites is 1. The van der Waals surface area contributed by atoms with E-state index in [1.165, 1.54) is 20.7 Å². The number of hydrogen-bond donors (Lipinski definition) is 1. The Balaban J connectivity index is 2.09. The number of pyridine rings is 1. The van der Waals surface area contributed by atoms with Crippen LogP contribution in [0.1, 0.15) is 34.7 Å². The molecule has 0 spiro atoms. The number of aromatic nitrogens is 1. The van der Waals surface area contributed by atoms with Gasteiger partial charge in [-0.25, -0.2) is 0 Å². The van der Waals surface area contributed by atoms with Crippen LogP contribution in [0.4, 0.5) is 0 Å². The summed E-state index contributed by atoms with van der Waals surface area (Å²) in [4.78, 5) is 7.32. The van der Waals surface area contributed by atoms with Gasteiger partial charge in [0, 0.05) is 26.9 Å². The molecule has 2 aromatic heterocycles. The van der Waals surface area contributed by atoms with Gasteiger partial charge >= 0.3 is 0 Å². The minimum Gasteiger partial charge on any atom is -0.306 e. The molecule has 1 unspecified atom stereocenters. The maximum Gasteiger partial charge on any atom is 0.0753 e. The first-order valence-electron chi connectivity index (χ1n) is 7.43. The molecule has 2 heterocycles. The van der Waals surface area contributed by atoms with E-state index < -0.39 is 0 Å². The van der Waals surface area contributed by atoms with E-state index in [1.807, 2.05) is 23.6 Å². The molecule has 21 heavy (non-hydrogen) atoms. The molecular formula is C18H20N2S. The van der Waals surface area contributed by atoms with E-state index >= 15 is 0 Å². The Kier molecular flexibility index (Phi) is 4.32. The molecule has 1 aromatic carbocycles. The van der Waals surface area contributed by atoms with Crippen molar-refractivity contribution in [1.82, 2.24) is 10.3 Å². The summed E-state index contributed by atoms with van der Waals surface area (Å²) in [6.45, 7) is 5.36. The maximum atomic E-state index is 4.61. The Hall–Kier alpha value is -1.71. The van der Waals surface area contributed by atoms with Gasteiger partial charge in [-0.05, 0) is 38.1 Å². The Morgan fingerprint density at radius 1 is 1.14 bits per heavy atom. The number of fused-ring (bicyclic) bond motifs is 1. The average Bonchev–Trinajstić information content (AvgIpc) is 2.94. The molecular weight excluding hydrogens is 276 g/mol. The summed E-state index contributed by atoms with van der Waals surface area (Å²) in [5.74, 6) is 0. The predicted molar refractivity (Wildman–Crippen MR) is 90.9 cm³/mol. The molecule has 1 N–H and O–H groups in total. The number of thiophene rings is 1. The van der Waals surface area contributed by atoms with Crippen LogP contribution in [-0.4, -0.2) is 11.5 Å². The van der Waals surface area contributed by atoms with Crippen LogP contribution in [0, 0.1) is 6.92 Å². The van der Waals surface area contributed by atoms with Crippen molar-refractivity contribution in [3.8, 4) is 0 Å². The number of benzene rings is 1. The monoisotopic (exact) mass is 296 g/mol. The van der Waals surface area contributed by atoms with Crippen LogP contribution in [-0.2, 0) is 0 Å². The van der Waals surface area contributed by atoms with Crippen molar-refractivity contribution in [2.45, 2.75) is 26.3 Å². The zero-order valence-electron chi connectivity index (χ0n) is 12.5. The molecule has 108 valence electrons. The predicted octanol–water partition coefficient (Wildman–Crippen LogP) is 4.69. The van der Waals surface area contributed by atoms with Gasteiger partial charge in [0.25, 0.3) is 0 Å². The fourth-order valence-corrected chi connectivity index (χ4v) is 3.59. The molecule has 1 atom stereocenters. The van der Waals surface area contributed by atoms with E-state index in [4.69, 9.17) is 0 Å². The Morgan fingerprint density at radius 3 is 2.76 bits per heavy atom. The maximum absolute atomic E-state index is 4.61. The highest BCUT2D eigenvalue weighted by molar-refractivity contribution is 7.12. The summed E-state index contributed by atoms with van der Waals surface area (Å²) in [6, 6.07) is 15.2. The lowest BCUT2D eigenvalue weighted by atomic mass is 10.0. The fourth-order valence-electron chi connectivity index (χ4n) is 2.62. The molecule has 0 fully saturated rings. The van der Waals surface area contributed by atoms with Gasteiger partial charge in [0.05, 0.1) is 11.6 Å². The summed E-state index contributed by atoms with van der Waals surface area (Å²) >= 11 is 1.86. The first-order chi connectivity index (χ1) is 10.3. The van der Waals surface area contributed by atoms with Crippen LogP contribution in [0.5, 0.6) is 0 Å². The third-order valence-electron chi connectivity index (χ3n) is 3.62. The summed E-state index contributed by atoms with van der Waals surface area (Å²) < 4.78 is 0. The normalized spacial score (nSPS) is 12.7. The van der Waals surface area contributed by atoms with Gasteiger partial charge < -0.3 is 5.32 Å². The van der Waals surface area contributed by atoms with Crippen LogP contribution in [0.25, 0.3) is 10.9 Å². The van der Waals surface area contributed by atoms with Crippen molar-refractivity contribution in [1.29, 1.82) is 0 Å². The van der Waals surface area contributed by atoms with Gasteiger partial charge in [-0.1, -0.05) is 31.2 Å². The third-order valence-corrected chi connectivity index (χ3v) is 4.68. The van der Waals surface area contributed by atoms with Crippen LogP contribution in [0.2, 0.25) is 0 Å². The topological polar surface area (TPSA) is 24.9 Å². The number of hydrogen-bond acceptors (Lipinski definition) is 3. The SMILES string of the molecule is CCCNC(c1ccc(C)s1)c1cccc2cccnc12. The minimum atomic E-state index is 0.224. The zero-order valence-corrected chi connectivity index (χ0v) is 13.3. The number of nitrogens with one attached hydrogen (secondary N) is 1. The lowest BCUT2D eigenvalue weighted by molar-refractivity contribution is 0.608. The van der Waals surface area contributed by atoms with Gasteiger partial charge in [-0.3, -0.25) is 4.98 Å². The molecule has 0 saturated heterocycles. The molecule has 0 amide bonds. The summed E-state index contributed by atoms with van der Waals surface area (Å²) in [7, 11) is 0. The van der Waals surface area contributed by atoms with Crippen molar-refractivity contribution in [2.24, 2.45) is 0 Å². The fraction of sp³-hybridized carbons (Fsp3) is 0.278. The second-order valence-electron chi connectivity index (χ2n) is 5.26. The zero-order chi connectivity index (χ0) is 14.7. The number of rotatable bonds is 5. The lowest BCUT2D eigenvalue weighted by Gasteiger charge is -2.19. The molecule has 0 radical (unpaired) electrons. The standard InChI is InChI=1S/C18H20N2S/c1-3-11-19-18(16-10-9-13(2)21-16)15-8-4-6-14-7-5-12-20-17(14)15/h4-10,12,18-19H,3,11H2,1-2H3. The van der Waals surface area contributed by atoms with Crippen molar-refractivity contribution >= 4 is 22.2 Å². The third kappa shape index (κ3) is 2.99. The first-order valence-corrected chi connectivity index (χ1v) is 8.24. The summed E-state index contributed by atoms with van der Waals surface area (Å²) in [5, 5.41) is 4.88. The highest BCUT2D eigenvalue weighted by atomic mass is 32.1. The number of aryl methyl sites for hydroxylation is 1. The van der Waals surface area contributed by atoms with Gasteiger partial charge in [-0.15, -0.1) is 11.3 Å². The average molecular weight is 296 g/mol. The summed E-state index contributed by atoms with van der Waals surface area (Å²) in [6.07, 6.45) is 3.00. The second-order valence-corrected chi connectivity index (χ2v) is 6.58. The van der Waals surface area contributed by atoms with Crippen LogP contribution < -0.4 is 5.32 Å². The van der Waals surface area contributed by atoms with Crippen LogP contribution >= 0.6 is 11.3 Å². The van der Waals surface area contributed by atoms with Gasteiger partial charge in [0.1, 0.15) is 0 Å². The van der Waals surface area contributed by atoms with E-state index in [2.05, 4.69) is 60.5 Å². The Labute approximate surface area is 129 Å². The summed E-state index contributed by atoms with van der Waals surface area (Å²) in [5.41, 5.74) is 2.36. The van der Waals surface area contributed by atoms with E-state index in [-0.39, 0.29) is 6.04 Å². The van der Waals surface area contributed by atoms with E-state index in [0.717, 1.165) is 18.5 Å². The molecule has 3 heteroatoms. The molecule has 0 aliphatic rings. The largest absolute Gasteiger partial charge is 0.306 e. The highest BCUT2D eigenvalue weighted by Gasteiger charge is 2.18. The van der Waals surface area contributed by atoms with Crippen LogP contribution in [0.15, 0.2) is 48.7 Å². The Bertz CT molecular complexity index is 727. The highest BCUT2D eigenvalue weighted by Crippen LogP contribution is 2.31. The smallest absolute Gasteiger partial charge is 0.0753 e. The van der Waals surface area contributed by atoms with E-state index in [1.54, 1.807) is 0 Å². The van der Waals surface area contributed by atoms with E-state index in [0.29, 0.717) is 0 Å². The molecule has 3 aromatic rings. The first kappa shape index (κ1) is 14.2. The van der Waals surface area contributed by atoms with Crippen molar-refractivity contribution in [3.63, 3.8) is 0 Å². The second kappa shape index (κ2) is 6.37. The van der Waals surface area contributed by atoms with Crippen molar-refractivity contribution in [2.75, 3.05) is 6.54 Å². The molecule has 2 nitrogen and oxygen atoms in total. The Morgan fingerprint density at radius 2 is 2.00 bits per heavy atom. The van der Waals surface area contributed by atoms with Crippen molar-refractivity contribution in [3.05, 3.63) is 64.0 Å². The molecule has 3 rings (SSSR count). The molecule has 0 aliphatic carbocycles. The molecule has 0 bridgehead atoms. The lowest BCUT2D eigenvalue weighted by Crippen LogP contribution is -2.22. The minimum absolute atomic E-state index is 0.224.